The zero-order valence-electron chi connectivity index (χ0n) is 10.9. The Morgan fingerprint density at radius 2 is 2.11 bits per heavy atom. The van der Waals surface area contributed by atoms with Gasteiger partial charge in [-0.25, -0.2) is 4.79 Å². The molecule has 19 heavy (non-hydrogen) atoms. The molecule has 0 spiro atoms. The Morgan fingerprint density at radius 3 is 2.58 bits per heavy atom. The van der Waals surface area contributed by atoms with Crippen LogP contribution in [-0.2, 0) is 4.79 Å². The first-order valence-electron chi connectivity index (χ1n) is 5.89. The second kappa shape index (κ2) is 6.04. The lowest BCUT2D eigenvalue weighted by Crippen LogP contribution is -2.39. The fraction of sp³-hybridized carbons (Fsp3) is 0.385. The zero-order valence-corrected chi connectivity index (χ0v) is 11.6. The highest BCUT2D eigenvalue weighted by atomic mass is 35.5. The highest BCUT2D eigenvalue weighted by Crippen LogP contribution is 2.27. The quantitative estimate of drug-likeness (QED) is 0.774. The van der Waals surface area contributed by atoms with Gasteiger partial charge >= 0.3 is 5.97 Å². The van der Waals surface area contributed by atoms with Gasteiger partial charge in [-0.1, -0.05) is 24.6 Å². The van der Waals surface area contributed by atoms with Gasteiger partial charge in [0, 0.05) is 6.54 Å². The molecule has 0 aliphatic carbocycles. The summed E-state index contributed by atoms with van der Waals surface area (Å²) in [5, 5.41) is 11.8. The number of carbonyl (C=O) groups excluding carboxylic acids is 1. The Hall–Kier alpha value is -1.59. The Kier molecular flexibility index (Phi) is 4.91. The van der Waals surface area contributed by atoms with E-state index in [-0.39, 0.29) is 28.7 Å². The van der Waals surface area contributed by atoms with Crippen molar-refractivity contribution in [1.82, 2.24) is 0 Å². The van der Waals surface area contributed by atoms with Gasteiger partial charge in [0.15, 0.2) is 0 Å². The van der Waals surface area contributed by atoms with Gasteiger partial charge in [-0.2, -0.15) is 0 Å². The maximum absolute atomic E-state index is 12.2. The average molecular weight is 285 g/mol. The Labute approximate surface area is 116 Å². The topological polar surface area (TPSA) is 92.4 Å². The first-order chi connectivity index (χ1) is 8.85. The van der Waals surface area contributed by atoms with E-state index in [4.69, 9.17) is 22.4 Å². The minimum atomic E-state index is -1.19. The fourth-order valence-electron chi connectivity index (χ4n) is 1.52. The Balaban J connectivity index is 3.10. The molecule has 0 bridgehead atoms. The lowest BCUT2D eigenvalue weighted by atomic mass is 9.86. The largest absolute Gasteiger partial charge is 0.478 e. The van der Waals surface area contributed by atoms with E-state index in [0.717, 1.165) is 0 Å². The second-order valence-corrected chi connectivity index (χ2v) is 4.95. The molecule has 1 aromatic carbocycles. The summed E-state index contributed by atoms with van der Waals surface area (Å²) >= 11 is 5.83. The summed E-state index contributed by atoms with van der Waals surface area (Å²) in [6.07, 6.45) is 0.554. The number of halogens is 1. The number of nitrogens with two attached hydrogens (primary N) is 1. The standard InChI is InChI=1S/C13H17ClN2O3/c1-3-13(2,7-15)12(19)16-9-6-4-5-8(14)10(9)11(17)18/h4-6H,3,7,15H2,1-2H3,(H,16,19)(H,17,18). The van der Waals surface area contributed by atoms with Gasteiger partial charge in [0.2, 0.25) is 5.91 Å². The molecule has 0 radical (unpaired) electrons. The molecule has 1 atom stereocenters. The monoisotopic (exact) mass is 284 g/mol. The van der Waals surface area contributed by atoms with Crippen molar-refractivity contribution in [2.24, 2.45) is 11.1 Å². The molecular weight excluding hydrogens is 268 g/mol. The normalized spacial score (nSPS) is 13.7. The third-order valence-electron chi connectivity index (χ3n) is 3.25. The number of amides is 1. The van der Waals surface area contributed by atoms with Crippen LogP contribution in [0.4, 0.5) is 5.69 Å². The number of aromatic carboxylic acids is 1. The SMILES string of the molecule is CCC(C)(CN)C(=O)Nc1cccc(Cl)c1C(=O)O. The zero-order chi connectivity index (χ0) is 14.6. The summed E-state index contributed by atoms with van der Waals surface area (Å²) < 4.78 is 0. The van der Waals surface area contributed by atoms with Crippen LogP contribution in [0.25, 0.3) is 0 Å². The summed E-state index contributed by atoms with van der Waals surface area (Å²) in [7, 11) is 0. The van der Waals surface area contributed by atoms with Crippen LogP contribution in [0.2, 0.25) is 5.02 Å². The molecule has 0 heterocycles. The van der Waals surface area contributed by atoms with E-state index in [0.29, 0.717) is 6.42 Å². The minimum absolute atomic E-state index is 0.0799. The molecule has 1 aromatic rings. The van der Waals surface area contributed by atoms with E-state index in [1.54, 1.807) is 13.0 Å². The fourth-order valence-corrected chi connectivity index (χ4v) is 1.77. The number of rotatable bonds is 5. The number of carboxylic acid groups (broad SMARTS) is 1. The van der Waals surface area contributed by atoms with Gasteiger partial charge in [-0.05, 0) is 25.5 Å². The van der Waals surface area contributed by atoms with Crippen LogP contribution >= 0.6 is 11.6 Å². The van der Waals surface area contributed by atoms with E-state index in [9.17, 15) is 9.59 Å². The van der Waals surface area contributed by atoms with Crippen LogP contribution in [0.3, 0.4) is 0 Å². The van der Waals surface area contributed by atoms with E-state index < -0.39 is 11.4 Å². The molecule has 0 aliphatic heterocycles. The summed E-state index contributed by atoms with van der Waals surface area (Å²) in [5.74, 6) is -1.51. The molecule has 0 saturated carbocycles. The average Bonchev–Trinajstić information content (AvgIpc) is 2.37. The number of hydrogen-bond donors (Lipinski definition) is 3. The van der Waals surface area contributed by atoms with E-state index in [1.165, 1.54) is 12.1 Å². The number of carboxylic acids is 1. The molecular formula is C13H17ClN2O3. The van der Waals surface area contributed by atoms with Crippen molar-refractivity contribution in [1.29, 1.82) is 0 Å². The molecule has 104 valence electrons. The molecule has 5 nitrogen and oxygen atoms in total. The van der Waals surface area contributed by atoms with Crippen LogP contribution in [0.1, 0.15) is 30.6 Å². The number of nitrogens with one attached hydrogen (secondary N) is 1. The summed E-state index contributed by atoms with van der Waals surface area (Å²) in [4.78, 5) is 23.3. The number of carbonyl (C=O) groups is 2. The lowest BCUT2D eigenvalue weighted by molar-refractivity contribution is -0.124. The van der Waals surface area contributed by atoms with Crippen LogP contribution in [0.5, 0.6) is 0 Å². The van der Waals surface area contributed by atoms with Crippen LogP contribution in [0.15, 0.2) is 18.2 Å². The number of anilines is 1. The smallest absolute Gasteiger partial charge is 0.339 e. The van der Waals surface area contributed by atoms with Crippen LogP contribution in [0, 0.1) is 5.41 Å². The van der Waals surface area contributed by atoms with Gasteiger partial charge in [-0.15, -0.1) is 0 Å². The van der Waals surface area contributed by atoms with Crippen molar-refractivity contribution in [2.45, 2.75) is 20.3 Å². The predicted octanol–water partition coefficient (Wildman–Crippen LogP) is 2.35. The minimum Gasteiger partial charge on any atom is -0.478 e. The molecule has 0 saturated heterocycles. The third kappa shape index (κ3) is 3.24. The summed E-state index contributed by atoms with van der Waals surface area (Å²) in [6, 6.07) is 4.54. The second-order valence-electron chi connectivity index (χ2n) is 4.54. The highest BCUT2D eigenvalue weighted by molar-refractivity contribution is 6.34. The molecule has 0 aliphatic rings. The predicted molar refractivity (Wildman–Crippen MR) is 74.5 cm³/mol. The Bertz CT molecular complexity index is 499. The molecule has 1 rings (SSSR count). The van der Waals surface area contributed by atoms with Crippen LogP contribution in [-0.4, -0.2) is 23.5 Å². The molecule has 1 unspecified atom stereocenters. The van der Waals surface area contributed by atoms with E-state index in [1.807, 2.05) is 6.92 Å². The van der Waals surface area contributed by atoms with E-state index >= 15 is 0 Å². The maximum atomic E-state index is 12.2. The summed E-state index contributed by atoms with van der Waals surface area (Å²) in [6.45, 7) is 3.76. The van der Waals surface area contributed by atoms with Gasteiger partial charge in [0.1, 0.15) is 5.56 Å². The lowest BCUT2D eigenvalue weighted by Gasteiger charge is -2.25. The van der Waals surface area contributed by atoms with Crippen LogP contribution < -0.4 is 11.1 Å². The third-order valence-corrected chi connectivity index (χ3v) is 3.57. The van der Waals surface area contributed by atoms with Gasteiger partial charge in [0.25, 0.3) is 0 Å². The van der Waals surface area contributed by atoms with E-state index in [2.05, 4.69) is 5.32 Å². The van der Waals surface area contributed by atoms with Crippen molar-refractivity contribution in [3.05, 3.63) is 28.8 Å². The molecule has 0 fully saturated rings. The first kappa shape index (κ1) is 15.5. The van der Waals surface area contributed by atoms with Crippen molar-refractivity contribution >= 4 is 29.2 Å². The number of benzene rings is 1. The van der Waals surface area contributed by atoms with Crippen molar-refractivity contribution < 1.29 is 14.7 Å². The molecule has 4 N–H and O–H groups in total. The highest BCUT2D eigenvalue weighted by Gasteiger charge is 2.30. The van der Waals surface area contributed by atoms with Gasteiger partial charge in [-0.3, -0.25) is 4.79 Å². The molecule has 0 aromatic heterocycles. The van der Waals surface area contributed by atoms with Gasteiger partial charge < -0.3 is 16.2 Å². The maximum Gasteiger partial charge on any atom is 0.339 e. The van der Waals surface area contributed by atoms with Gasteiger partial charge in [0.05, 0.1) is 16.1 Å². The van der Waals surface area contributed by atoms with Crippen molar-refractivity contribution in [3.8, 4) is 0 Å². The molecule has 1 amide bonds. The molecule has 6 heteroatoms. The Morgan fingerprint density at radius 1 is 1.47 bits per heavy atom. The summed E-state index contributed by atoms with van der Waals surface area (Å²) in [5.41, 5.74) is 4.92. The first-order valence-corrected chi connectivity index (χ1v) is 6.27. The van der Waals surface area contributed by atoms with Crippen molar-refractivity contribution in [3.63, 3.8) is 0 Å². The number of hydrogen-bond acceptors (Lipinski definition) is 3. The van der Waals surface area contributed by atoms with Crippen molar-refractivity contribution in [2.75, 3.05) is 11.9 Å².